The summed E-state index contributed by atoms with van der Waals surface area (Å²) in [6.45, 7) is 7.97. The first-order valence-electron chi connectivity index (χ1n) is 7.66. The first-order chi connectivity index (χ1) is 11.8. The lowest BCUT2D eigenvalue weighted by molar-refractivity contribution is 0.101. The van der Waals surface area contributed by atoms with E-state index in [1.54, 1.807) is 30.3 Å². The number of carbonyl (C=O) groups is 1. The molecule has 0 atom stereocenters. The summed E-state index contributed by atoms with van der Waals surface area (Å²) in [4.78, 5) is 12.6. The van der Waals surface area contributed by atoms with Crippen molar-refractivity contribution in [1.82, 2.24) is 0 Å². The van der Waals surface area contributed by atoms with Crippen LogP contribution in [0.1, 0.15) is 28.4 Å². The Labute approximate surface area is 156 Å². The second-order valence-corrected chi connectivity index (χ2v) is 6.79. The Morgan fingerprint density at radius 3 is 2.68 bits per heavy atom. The molecule has 0 saturated carbocycles. The molecule has 128 valence electrons. The largest absolute Gasteiger partial charge is 0.489 e. The predicted molar refractivity (Wildman–Crippen MR) is 101 cm³/mol. The predicted octanol–water partition coefficient (Wildman–Crippen LogP) is 5.87. The van der Waals surface area contributed by atoms with Crippen molar-refractivity contribution in [2.45, 2.75) is 13.8 Å². The van der Waals surface area contributed by atoms with Gasteiger partial charge in [0.1, 0.15) is 18.1 Å². The molecule has 0 aromatic heterocycles. The van der Waals surface area contributed by atoms with E-state index in [2.05, 4.69) is 6.58 Å². The van der Waals surface area contributed by atoms with Crippen LogP contribution >= 0.6 is 23.2 Å². The second-order valence-electron chi connectivity index (χ2n) is 5.97. The number of Topliss-reactive ketones (excluding diaryl/α,β-unsaturated/α-hetero) is 1. The van der Waals surface area contributed by atoms with Gasteiger partial charge in [-0.15, -0.1) is 0 Å². The number of allylic oxidation sites excluding steroid dienone is 1. The molecule has 1 heterocycles. The van der Waals surface area contributed by atoms with Crippen molar-refractivity contribution >= 4 is 35.1 Å². The number of hydrogen-bond acceptors (Lipinski definition) is 3. The maximum Gasteiger partial charge on any atom is 0.232 e. The molecule has 0 fully saturated rings. The molecule has 0 saturated heterocycles. The summed E-state index contributed by atoms with van der Waals surface area (Å²) < 4.78 is 11.4. The van der Waals surface area contributed by atoms with Crippen molar-refractivity contribution in [3.63, 3.8) is 0 Å². The van der Waals surface area contributed by atoms with Crippen LogP contribution in [0.5, 0.6) is 11.5 Å². The molecule has 1 aliphatic heterocycles. The highest BCUT2D eigenvalue weighted by Gasteiger charge is 2.30. The number of ether oxygens (including phenoxy) is 2. The molecule has 0 N–H and O–H groups in total. The summed E-state index contributed by atoms with van der Waals surface area (Å²) in [6, 6.07) is 8.68. The zero-order chi connectivity index (χ0) is 18.1. The van der Waals surface area contributed by atoms with E-state index < -0.39 is 0 Å². The Bertz CT molecular complexity index is 913. The number of aryl methyl sites for hydroxylation is 1. The van der Waals surface area contributed by atoms with Crippen LogP contribution in [0.15, 0.2) is 48.2 Å². The van der Waals surface area contributed by atoms with Crippen LogP contribution in [0.2, 0.25) is 10.0 Å². The van der Waals surface area contributed by atoms with Crippen LogP contribution in [0.3, 0.4) is 0 Å². The van der Waals surface area contributed by atoms with Gasteiger partial charge < -0.3 is 9.47 Å². The maximum atomic E-state index is 12.6. The van der Waals surface area contributed by atoms with Gasteiger partial charge in [0, 0.05) is 6.07 Å². The van der Waals surface area contributed by atoms with Gasteiger partial charge in [0.2, 0.25) is 5.78 Å². The molecule has 0 unspecified atom stereocenters. The lowest BCUT2D eigenvalue weighted by atomic mass is 10.0. The van der Waals surface area contributed by atoms with Gasteiger partial charge in [-0.1, -0.05) is 35.8 Å². The van der Waals surface area contributed by atoms with Crippen LogP contribution in [-0.4, -0.2) is 12.4 Å². The molecule has 2 aromatic rings. The quantitative estimate of drug-likeness (QED) is 0.495. The monoisotopic (exact) mass is 374 g/mol. The standard InChI is InChI=1S/C20H16Cl2O3/c1-11(2)10-24-14-6-12(3)19-17(9-14)25-18(20(19)23)8-13-4-5-15(21)16(22)7-13/h4-9H,1,10H2,2-3H3/b18-8-. The van der Waals surface area contributed by atoms with E-state index in [0.717, 1.165) is 16.7 Å². The van der Waals surface area contributed by atoms with Crippen LogP contribution in [0.25, 0.3) is 6.08 Å². The average molecular weight is 375 g/mol. The Balaban J connectivity index is 1.92. The van der Waals surface area contributed by atoms with Gasteiger partial charge in [-0.05, 0) is 54.8 Å². The summed E-state index contributed by atoms with van der Waals surface area (Å²) in [5, 5.41) is 0.881. The normalized spacial score (nSPS) is 14.4. The lowest BCUT2D eigenvalue weighted by Crippen LogP contribution is -2.00. The van der Waals surface area contributed by atoms with Crippen LogP contribution in [-0.2, 0) is 0 Å². The molecular formula is C20H16Cl2O3. The third-order valence-electron chi connectivity index (χ3n) is 3.67. The van der Waals surface area contributed by atoms with Gasteiger partial charge >= 0.3 is 0 Å². The van der Waals surface area contributed by atoms with Crippen molar-refractivity contribution < 1.29 is 14.3 Å². The van der Waals surface area contributed by atoms with E-state index in [1.165, 1.54) is 0 Å². The molecule has 2 aromatic carbocycles. The molecule has 0 spiro atoms. The third-order valence-corrected chi connectivity index (χ3v) is 4.41. The highest BCUT2D eigenvalue weighted by molar-refractivity contribution is 6.42. The Morgan fingerprint density at radius 2 is 2.00 bits per heavy atom. The molecule has 5 heteroatoms. The third kappa shape index (κ3) is 3.73. The molecule has 25 heavy (non-hydrogen) atoms. The van der Waals surface area contributed by atoms with Crippen LogP contribution < -0.4 is 9.47 Å². The van der Waals surface area contributed by atoms with Gasteiger partial charge in [0.05, 0.1) is 15.6 Å². The Morgan fingerprint density at radius 1 is 1.24 bits per heavy atom. The Hall–Kier alpha value is -2.23. The number of halogens is 2. The molecule has 0 amide bonds. The molecule has 1 aliphatic rings. The highest BCUT2D eigenvalue weighted by Crippen LogP contribution is 2.38. The molecule has 0 bridgehead atoms. The fourth-order valence-electron chi connectivity index (χ4n) is 2.52. The second kappa shape index (κ2) is 6.95. The number of fused-ring (bicyclic) bond motifs is 1. The number of carbonyl (C=O) groups excluding carboxylic acids is 1. The summed E-state index contributed by atoms with van der Waals surface area (Å²) in [6.07, 6.45) is 1.65. The zero-order valence-corrected chi connectivity index (χ0v) is 15.4. The van der Waals surface area contributed by atoms with Gasteiger partial charge in [-0.3, -0.25) is 4.79 Å². The molecule has 0 aliphatic carbocycles. The average Bonchev–Trinajstić information content (AvgIpc) is 2.85. The minimum absolute atomic E-state index is 0.162. The minimum atomic E-state index is -0.162. The number of benzene rings is 2. The van der Waals surface area contributed by atoms with E-state index in [9.17, 15) is 4.79 Å². The summed E-state index contributed by atoms with van der Waals surface area (Å²) >= 11 is 11.9. The first kappa shape index (κ1) is 17.6. The van der Waals surface area contributed by atoms with E-state index in [1.807, 2.05) is 19.9 Å². The summed E-state index contributed by atoms with van der Waals surface area (Å²) in [5.41, 5.74) is 3.00. The Kier molecular flexibility index (Phi) is 4.89. The van der Waals surface area contributed by atoms with E-state index in [0.29, 0.717) is 33.7 Å². The fourth-order valence-corrected chi connectivity index (χ4v) is 2.83. The van der Waals surface area contributed by atoms with Crippen molar-refractivity contribution in [2.75, 3.05) is 6.61 Å². The summed E-state index contributed by atoms with van der Waals surface area (Å²) in [7, 11) is 0. The fraction of sp³-hybridized carbons (Fsp3) is 0.150. The van der Waals surface area contributed by atoms with Gasteiger partial charge in [0.25, 0.3) is 0 Å². The number of rotatable bonds is 4. The molecule has 3 rings (SSSR count). The smallest absolute Gasteiger partial charge is 0.232 e. The molecule has 3 nitrogen and oxygen atoms in total. The van der Waals surface area contributed by atoms with Crippen LogP contribution in [0.4, 0.5) is 0 Å². The lowest BCUT2D eigenvalue weighted by Gasteiger charge is -2.08. The van der Waals surface area contributed by atoms with Crippen molar-refractivity contribution in [3.8, 4) is 11.5 Å². The minimum Gasteiger partial charge on any atom is -0.489 e. The van der Waals surface area contributed by atoms with E-state index in [4.69, 9.17) is 32.7 Å². The van der Waals surface area contributed by atoms with Crippen LogP contribution in [0, 0.1) is 6.92 Å². The topological polar surface area (TPSA) is 35.5 Å². The van der Waals surface area contributed by atoms with Crippen molar-refractivity contribution in [3.05, 3.63) is 75.0 Å². The van der Waals surface area contributed by atoms with Crippen molar-refractivity contribution in [1.29, 1.82) is 0 Å². The van der Waals surface area contributed by atoms with E-state index >= 15 is 0 Å². The van der Waals surface area contributed by atoms with Crippen molar-refractivity contribution in [2.24, 2.45) is 0 Å². The summed E-state index contributed by atoms with van der Waals surface area (Å²) in [5.74, 6) is 1.22. The first-order valence-corrected chi connectivity index (χ1v) is 8.42. The number of hydrogen-bond donors (Lipinski definition) is 0. The van der Waals surface area contributed by atoms with E-state index in [-0.39, 0.29) is 11.5 Å². The zero-order valence-electron chi connectivity index (χ0n) is 13.9. The highest BCUT2D eigenvalue weighted by atomic mass is 35.5. The van der Waals surface area contributed by atoms with Gasteiger partial charge in [-0.25, -0.2) is 0 Å². The molecule has 0 radical (unpaired) electrons. The number of ketones is 1. The SMILES string of the molecule is C=C(C)COc1cc(C)c2c(c1)O/C(=C\c1ccc(Cl)c(Cl)c1)C2=O. The molecular weight excluding hydrogens is 359 g/mol. The van der Waals surface area contributed by atoms with Gasteiger partial charge in [0.15, 0.2) is 5.76 Å². The maximum absolute atomic E-state index is 12.6. The van der Waals surface area contributed by atoms with Gasteiger partial charge in [-0.2, -0.15) is 0 Å².